The highest BCUT2D eigenvalue weighted by molar-refractivity contribution is 6.07. The predicted molar refractivity (Wildman–Crippen MR) is 106 cm³/mol. The van der Waals surface area contributed by atoms with Gasteiger partial charge in [0.15, 0.2) is 0 Å². The van der Waals surface area contributed by atoms with E-state index in [1.54, 1.807) is 42.1 Å². The van der Waals surface area contributed by atoms with E-state index in [2.05, 4.69) is 21.0 Å². The van der Waals surface area contributed by atoms with Crippen molar-refractivity contribution in [1.82, 2.24) is 20.4 Å². The summed E-state index contributed by atoms with van der Waals surface area (Å²) in [4.78, 5) is 36.0. The Hall–Kier alpha value is -3.94. The van der Waals surface area contributed by atoms with Crippen LogP contribution < -0.4 is 16.0 Å². The molecule has 1 fully saturated rings. The number of carbonyl (C=O) groups is 3. The van der Waals surface area contributed by atoms with Gasteiger partial charge in [-0.05, 0) is 48.4 Å². The summed E-state index contributed by atoms with van der Waals surface area (Å²) in [6.07, 6.45) is 3.76. The van der Waals surface area contributed by atoms with Crippen LogP contribution in [0, 0.1) is 0 Å². The molecule has 1 aliphatic heterocycles. The molecule has 2 heterocycles. The Bertz CT molecular complexity index is 1080. The van der Waals surface area contributed by atoms with Gasteiger partial charge in [-0.15, -0.1) is 0 Å². The van der Waals surface area contributed by atoms with Crippen molar-refractivity contribution in [2.24, 2.45) is 0 Å². The fraction of sp³-hybridized carbons (Fsp3) is 0.143. The standard InChI is InChI=1S/C21H19N5O3/c1-21(19(28)24-20(29)25-21)15-4-2-5-16(13-15)23-18(27)12-14-6-8-17(9-7-14)26-11-3-10-22-26/h2-11,13H,12H2,1H3,(H,23,27)(H2,24,25,28,29). The number of benzene rings is 2. The van der Waals surface area contributed by atoms with E-state index in [9.17, 15) is 14.4 Å². The summed E-state index contributed by atoms with van der Waals surface area (Å²) >= 11 is 0. The molecular weight excluding hydrogens is 370 g/mol. The third-order valence-electron chi connectivity index (χ3n) is 4.84. The number of hydrogen-bond donors (Lipinski definition) is 3. The zero-order chi connectivity index (χ0) is 20.4. The number of hydrogen-bond acceptors (Lipinski definition) is 4. The molecule has 3 aromatic rings. The molecule has 1 aromatic heterocycles. The smallest absolute Gasteiger partial charge is 0.322 e. The van der Waals surface area contributed by atoms with Crippen molar-refractivity contribution in [3.63, 3.8) is 0 Å². The van der Waals surface area contributed by atoms with Gasteiger partial charge in [0.2, 0.25) is 5.91 Å². The number of carbonyl (C=O) groups excluding carboxylic acids is 3. The van der Waals surface area contributed by atoms with Crippen molar-refractivity contribution in [1.29, 1.82) is 0 Å². The molecule has 3 N–H and O–H groups in total. The average Bonchev–Trinajstić information content (AvgIpc) is 3.31. The van der Waals surface area contributed by atoms with E-state index in [-0.39, 0.29) is 12.3 Å². The Morgan fingerprint density at radius 3 is 2.59 bits per heavy atom. The molecule has 1 saturated heterocycles. The number of nitrogens with zero attached hydrogens (tertiary/aromatic N) is 2. The van der Waals surface area contributed by atoms with Crippen LogP contribution in [0.3, 0.4) is 0 Å². The highest BCUT2D eigenvalue weighted by atomic mass is 16.2. The minimum Gasteiger partial charge on any atom is -0.326 e. The van der Waals surface area contributed by atoms with Gasteiger partial charge in [0.25, 0.3) is 5.91 Å². The number of urea groups is 1. The highest BCUT2D eigenvalue weighted by Gasteiger charge is 2.43. The highest BCUT2D eigenvalue weighted by Crippen LogP contribution is 2.26. The molecule has 0 bridgehead atoms. The maximum atomic E-state index is 12.4. The van der Waals surface area contributed by atoms with Crippen molar-refractivity contribution in [2.45, 2.75) is 18.9 Å². The number of anilines is 1. The summed E-state index contributed by atoms with van der Waals surface area (Å²) in [5, 5.41) is 11.9. The zero-order valence-electron chi connectivity index (χ0n) is 15.7. The fourth-order valence-electron chi connectivity index (χ4n) is 3.23. The Labute approximate surface area is 166 Å². The lowest BCUT2D eigenvalue weighted by atomic mass is 9.92. The second kappa shape index (κ2) is 7.23. The average molecular weight is 389 g/mol. The number of nitrogens with one attached hydrogen (secondary N) is 3. The normalized spacial score (nSPS) is 18.2. The molecule has 1 aliphatic rings. The van der Waals surface area contributed by atoms with E-state index in [1.807, 2.05) is 36.5 Å². The summed E-state index contributed by atoms with van der Waals surface area (Å²) in [7, 11) is 0. The lowest BCUT2D eigenvalue weighted by Crippen LogP contribution is -2.40. The summed E-state index contributed by atoms with van der Waals surface area (Å²) in [6, 6.07) is 15.8. The zero-order valence-corrected chi connectivity index (χ0v) is 15.7. The van der Waals surface area contributed by atoms with Gasteiger partial charge in [0.05, 0.1) is 12.1 Å². The molecule has 0 aliphatic carbocycles. The summed E-state index contributed by atoms with van der Waals surface area (Å²) in [5.74, 6) is -0.609. The van der Waals surface area contributed by atoms with Crippen LogP contribution in [-0.4, -0.2) is 27.6 Å². The first kappa shape index (κ1) is 18.4. The maximum Gasteiger partial charge on any atom is 0.322 e. The Balaban J connectivity index is 1.44. The van der Waals surface area contributed by atoms with Crippen LogP contribution in [0.1, 0.15) is 18.1 Å². The minimum atomic E-state index is -1.17. The summed E-state index contributed by atoms with van der Waals surface area (Å²) in [5.41, 5.74) is 1.75. The molecule has 29 heavy (non-hydrogen) atoms. The Morgan fingerprint density at radius 1 is 1.14 bits per heavy atom. The molecule has 0 radical (unpaired) electrons. The van der Waals surface area contributed by atoms with E-state index in [0.717, 1.165) is 11.3 Å². The first-order chi connectivity index (χ1) is 13.9. The molecule has 0 saturated carbocycles. The number of amides is 4. The van der Waals surface area contributed by atoms with E-state index in [4.69, 9.17) is 0 Å². The lowest BCUT2D eigenvalue weighted by Gasteiger charge is -2.21. The van der Waals surface area contributed by atoms with Crippen molar-refractivity contribution in [3.8, 4) is 5.69 Å². The van der Waals surface area contributed by atoms with Crippen LogP contribution >= 0.6 is 0 Å². The molecule has 4 amide bonds. The van der Waals surface area contributed by atoms with Gasteiger partial charge >= 0.3 is 6.03 Å². The molecule has 1 atom stereocenters. The third kappa shape index (κ3) is 3.73. The lowest BCUT2D eigenvalue weighted by molar-refractivity contribution is -0.123. The summed E-state index contributed by atoms with van der Waals surface area (Å²) in [6.45, 7) is 1.62. The van der Waals surface area contributed by atoms with E-state index in [1.165, 1.54) is 0 Å². The van der Waals surface area contributed by atoms with Crippen LogP contribution in [0.2, 0.25) is 0 Å². The van der Waals surface area contributed by atoms with Gasteiger partial charge < -0.3 is 10.6 Å². The molecule has 0 spiro atoms. The largest absolute Gasteiger partial charge is 0.326 e. The van der Waals surface area contributed by atoms with E-state index >= 15 is 0 Å². The van der Waals surface area contributed by atoms with Crippen molar-refractivity contribution < 1.29 is 14.4 Å². The quantitative estimate of drug-likeness (QED) is 0.581. The van der Waals surface area contributed by atoms with Crippen molar-refractivity contribution >= 4 is 23.5 Å². The van der Waals surface area contributed by atoms with Gasteiger partial charge in [-0.2, -0.15) is 5.10 Å². The molecule has 146 valence electrons. The second-order valence-corrected chi connectivity index (χ2v) is 6.96. The van der Waals surface area contributed by atoms with Gasteiger partial charge in [0.1, 0.15) is 5.54 Å². The molecule has 4 rings (SSSR count). The van der Waals surface area contributed by atoms with Crippen molar-refractivity contribution in [2.75, 3.05) is 5.32 Å². The Kier molecular flexibility index (Phi) is 4.59. The second-order valence-electron chi connectivity index (χ2n) is 6.96. The minimum absolute atomic E-state index is 0.181. The van der Waals surface area contributed by atoms with Gasteiger partial charge in [-0.1, -0.05) is 24.3 Å². The Morgan fingerprint density at radius 2 is 1.93 bits per heavy atom. The van der Waals surface area contributed by atoms with Gasteiger partial charge in [-0.25, -0.2) is 9.48 Å². The van der Waals surface area contributed by atoms with E-state index < -0.39 is 17.5 Å². The number of rotatable bonds is 5. The molecule has 8 nitrogen and oxygen atoms in total. The third-order valence-corrected chi connectivity index (χ3v) is 4.84. The van der Waals surface area contributed by atoms with Crippen LogP contribution in [0.25, 0.3) is 5.69 Å². The van der Waals surface area contributed by atoms with Crippen LogP contribution in [0.15, 0.2) is 67.0 Å². The molecular formula is C21H19N5O3. The first-order valence-corrected chi connectivity index (χ1v) is 9.07. The van der Waals surface area contributed by atoms with Gasteiger partial charge in [-0.3, -0.25) is 14.9 Å². The number of imide groups is 1. The first-order valence-electron chi connectivity index (χ1n) is 9.07. The molecule has 2 aromatic carbocycles. The summed E-state index contributed by atoms with van der Waals surface area (Å²) < 4.78 is 1.74. The topological polar surface area (TPSA) is 105 Å². The van der Waals surface area contributed by atoms with E-state index in [0.29, 0.717) is 11.3 Å². The fourth-order valence-corrected chi connectivity index (χ4v) is 3.23. The monoisotopic (exact) mass is 389 g/mol. The molecule has 1 unspecified atom stereocenters. The number of aromatic nitrogens is 2. The SMILES string of the molecule is CC1(c2cccc(NC(=O)Cc3ccc(-n4cccn4)cc3)c2)NC(=O)NC1=O. The predicted octanol–water partition coefficient (Wildman–Crippen LogP) is 2.11. The maximum absolute atomic E-state index is 12.4. The van der Waals surface area contributed by atoms with Gasteiger partial charge in [0, 0.05) is 18.1 Å². The van der Waals surface area contributed by atoms with Crippen molar-refractivity contribution in [3.05, 3.63) is 78.1 Å². The van der Waals surface area contributed by atoms with Crippen LogP contribution in [0.4, 0.5) is 10.5 Å². The molecule has 8 heteroatoms. The van der Waals surface area contributed by atoms with Crippen LogP contribution in [0.5, 0.6) is 0 Å². The van der Waals surface area contributed by atoms with Crippen LogP contribution in [-0.2, 0) is 21.5 Å².